The number of aliphatic hydroxyl groups is 1. The van der Waals surface area contributed by atoms with Gasteiger partial charge in [0.1, 0.15) is 5.82 Å². The average molecular weight is 313 g/mol. The average Bonchev–Trinajstić information content (AvgIpc) is 3.13. The maximum Gasteiger partial charge on any atom is 0.253 e. The van der Waals surface area contributed by atoms with Crippen molar-refractivity contribution in [1.82, 2.24) is 14.9 Å². The number of hydrogen-bond acceptors (Lipinski definition) is 3. The van der Waals surface area contributed by atoms with Crippen LogP contribution in [0.4, 0.5) is 0 Å². The van der Waals surface area contributed by atoms with Crippen LogP contribution in [0.5, 0.6) is 0 Å². The number of carbonyl (C=O) groups is 1. The first kappa shape index (κ1) is 15.7. The van der Waals surface area contributed by atoms with Crippen LogP contribution in [0.3, 0.4) is 0 Å². The van der Waals surface area contributed by atoms with Crippen LogP contribution in [0.2, 0.25) is 0 Å². The topological polar surface area (TPSA) is 67.2 Å². The van der Waals surface area contributed by atoms with Gasteiger partial charge in [0, 0.05) is 17.6 Å². The molecule has 0 aromatic carbocycles. The van der Waals surface area contributed by atoms with E-state index in [2.05, 4.69) is 10.3 Å². The summed E-state index contributed by atoms with van der Waals surface area (Å²) in [7, 11) is 0. The van der Waals surface area contributed by atoms with Crippen molar-refractivity contribution in [1.29, 1.82) is 0 Å². The molecule has 5 nitrogen and oxygen atoms in total. The van der Waals surface area contributed by atoms with Crippen molar-refractivity contribution < 1.29 is 9.90 Å². The van der Waals surface area contributed by atoms with E-state index in [0.717, 1.165) is 42.9 Å². The zero-order valence-electron chi connectivity index (χ0n) is 13.7. The van der Waals surface area contributed by atoms with Gasteiger partial charge in [-0.25, -0.2) is 4.98 Å². The largest absolute Gasteiger partial charge is 0.394 e. The van der Waals surface area contributed by atoms with Gasteiger partial charge >= 0.3 is 0 Å². The Morgan fingerprint density at radius 1 is 1.35 bits per heavy atom. The SMILES string of the molecule is Cc1cc(C(=O)NC2(CO)CCCC2)c(C)n1-c1ccccn1. The molecule has 1 aliphatic rings. The fraction of sp³-hybridized carbons (Fsp3) is 0.444. The Morgan fingerprint density at radius 2 is 2.09 bits per heavy atom. The summed E-state index contributed by atoms with van der Waals surface area (Å²) in [6.45, 7) is 3.89. The molecule has 0 unspecified atom stereocenters. The van der Waals surface area contributed by atoms with Crippen molar-refractivity contribution in [2.45, 2.75) is 45.1 Å². The molecule has 0 bridgehead atoms. The van der Waals surface area contributed by atoms with E-state index in [1.54, 1.807) is 6.20 Å². The molecular formula is C18H23N3O2. The molecule has 2 N–H and O–H groups in total. The molecular weight excluding hydrogens is 290 g/mol. The van der Waals surface area contributed by atoms with Gasteiger partial charge in [0.05, 0.1) is 17.7 Å². The third-order valence-electron chi connectivity index (χ3n) is 4.80. The number of hydrogen-bond donors (Lipinski definition) is 2. The van der Waals surface area contributed by atoms with Gasteiger partial charge in [-0.05, 0) is 44.9 Å². The van der Waals surface area contributed by atoms with E-state index in [-0.39, 0.29) is 12.5 Å². The minimum Gasteiger partial charge on any atom is -0.394 e. The highest BCUT2D eigenvalue weighted by Gasteiger charge is 2.35. The molecule has 1 aliphatic carbocycles. The Balaban J connectivity index is 1.91. The highest BCUT2D eigenvalue weighted by molar-refractivity contribution is 5.96. The Labute approximate surface area is 136 Å². The summed E-state index contributed by atoms with van der Waals surface area (Å²) >= 11 is 0. The van der Waals surface area contributed by atoms with Gasteiger partial charge in [0.2, 0.25) is 0 Å². The van der Waals surface area contributed by atoms with Crippen LogP contribution in [0.1, 0.15) is 47.4 Å². The van der Waals surface area contributed by atoms with E-state index in [4.69, 9.17) is 0 Å². The van der Waals surface area contributed by atoms with Gasteiger partial charge in [0.25, 0.3) is 5.91 Å². The number of aromatic nitrogens is 2. The Bertz CT molecular complexity index is 701. The molecule has 0 radical (unpaired) electrons. The van der Waals surface area contributed by atoms with Gasteiger partial charge in [-0.15, -0.1) is 0 Å². The number of aryl methyl sites for hydroxylation is 1. The summed E-state index contributed by atoms with van der Waals surface area (Å²) in [6.07, 6.45) is 5.53. The van der Waals surface area contributed by atoms with E-state index in [1.807, 2.05) is 42.7 Å². The predicted molar refractivity (Wildman–Crippen MR) is 88.8 cm³/mol. The Kier molecular flexibility index (Phi) is 4.22. The van der Waals surface area contributed by atoms with Gasteiger partial charge in [-0.2, -0.15) is 0 Å². The van der Waals surface area contributed by atoms with Gasteiger partial charge in [-0.3, -0.25) is 4.79 Å². The molecule has 1 fully saturated rings. The monoisotopic (exact) mass is 313 g/mol. The lowest BCUT2D eigenvalue weighted by molar-refractivity contribution is 0.0838. The molecule has 1 saturated carbocycles. The van der Waals surface area contributed by atoms with Gasteiger partial charge in [-0.1, -0.05) is 18.9 Å². The molecule has 2 aromatic rings. The molecule has 3 rings (SSSR count). The molecule has 0 atom stereocenters. The van der Waals surface area contributed by atoms with Crippen LogP contribution in [-0.2, 0) is 0 Å². The van der Waals surface area contributed by atoms with Crippen LogP contribution in [0.15, 0.2) is 30.5 Å². The maximum absolute atomic E-state index is 12.7. The first-order chi connectivity index (χ1) is 11.1. The van der Waals surface area contributed by atoms with E-state index < -0.39 is 5.54 Å². The van der Waals surface area contributed by atoms with Crippen LogP contribution in [-0.4, -0.2) is 32.7 Å². The Hall–Kier alpha value is -2.14. The van der Waals surface area contributed by atoms with Crippen molar-refractivity contribution in [2.24, 2.45) is 0 Å². The second kappa shape index (κ2) is 6.16. The lowest BCUT2D eigenvalue weighted by atomic mass is 9.98. The maximum atomic E-state index is 12.7. The quantitative estimate of drug-likeness (QED) is 0.911. The molecule has 0 aliphatic heterocycles. The summed E-state index contributed by atoms with van der Waals surface area (Å²) in [6, 6.07) is 7.61. The van der Waals surface area contributed by atoms with E-state index in [1.165, 1.54) is 0 Å². The van der Waals surface area contributed by atoms with Crippen molar-refractivity contribution in [2.75, 3.05) is 6.61 Å². The van der Waals surface area contributed by atoms with Crippen LogP contribution >= 0.6 is 0 Å². The number of aliphatic hydroxyl groups excluding tert-OH is 1. The van der Waals surface area contributed by atoms with E-state index >= 15 is 0 Å². The fourth-order valence-corrected chi connectivity index (χ4v) is 3.51. The van der Waals surface area contributed by atoms with Crippen LogP contribution in [0, 0.1) is 13.8 Å². The van der Waals surface area contributed by atoms with Crippen LogP contribution in [0.25, 0.3) is 5.82 Å². The van der Waals surface area contributed by atoms with Crippen LogP contribution < -0.4 is 5.32 Å². The lowest BCUT2D eigenvalue weighted by Crippen LogP contribution is -2.49. The van der Waals surface area contributed by atoms with Crippen molar-refractivity contribution >= 4 is 5.91 Å². The van der Waals surface area contributed by atoms with Crippen molar-refractivity contribution in [3.63, 3.8) is 0 Å². The number of nitrogens with one attached hydrogen (secondary N) is 1. The number of amides is 1. The predicted octanol–water partition coefficient (Wildman–Crippen LogP) is 2.52. The molecule has 0 spiro atoms. The minimum atomic E-state index is -0.454. The summed E-state index contributed by atoms with van der Waals surface area (Å²) in [5.74, 6) is 0.690. The molecule has 1 amide bonds. The second-order valence-corrected chi connectivity index (χ2v) is 6.41. The molecule has 5 heteroatoms. The first-order valence-electron chi connectivity index (χ1n) is 8.10. The summed E-state index contributed by atoms with van der Waals surface area (Å²) < 4.78 is 1.98. The van der Waals surface area contributed by atoms with Crippen molar-refractivity contribution in [3.05, 3.63) is 47.4 Å². The van der Waals surface area contributed by atoms with Gasteiger partial charge < -0.3 is 15.0 Å². The van der Waals surface area contributed by atoms with Gasteiger partial charge in [0.15, 0.2) is 0 Å². The highest BCUT2D eigenvalue weighted by Crippen LogP contribution is 2.30. The zero-order chi connectivity index (χ0) is 16.4. The third-order valence-corrected chi connectivity index (χ3v) is 4.80. The van der Waals surface area contributed by atoms with E-state index in [0.29, 0.717) is 5.56 Å². The molecule has 122 valence electrons. The number of pyridine rings is 1. The summed E-state index contributed by atoms with van der Waals surface area (Å²) in [5, 5.41) is 12.8. The molecule has 2 heterocycles. The Morgan fingerprint density at radius 3 is 2.70 bits per heavy atom. The molecule has 0 saturated heterocycles. The minimum absolute atomic E-state index is 0.00226. The van der Waals surface area contributed by atoms with Crippen molar-refractivity contribution in [3.8, 4) is 5.82 Å². The number of carbonyl (C=O) groups excluding carboxylic acids is 1. The zero-order valence-corrected chi connectivity index (χ0v) is 13.7. The normalized spacial score (nSPS) is 16.5. The molecule has 23 heavy (non-hydrogen) atoms. The smallest absolute Gasteiger partial charge is 0.253 e. The third kappa shape index (κ3) is 2.88. The first-order valence-corrected chi connectivity index (χ1v) is 8.10. The highest BCUT2D eigenvalue weighted by atomic mass is 16.3. The fourth-order valence-electron chi connectivity index (χ4n) is 3.51. The standard InChI is InChI=1S/C18H23N3O2/c1-13-11-15(14(2)21(13)16-7-3-6-10-19-16)17(23)20-18(12-22)8-4-5-9-18/h3,6-7,10-11,22H,4-5,8-9,12H2,1-2H3,(H,20,23). The summed E-state index contributed by atoms with van der Waals surface area (Å²) in [4.78, 5) is 17.1. The lowest BCUT2D eigenvalue weighted by Gasteiger charge is -2.28. The summed E-state index contributed by atoms with van der Waals surface area (Å²) in [5.41, 5.74) is 2.03. The van der Waals surface area contributed by atoms with E-state index in [9.17, 15) is 9.90 Å². The molecule has 2 aromatic heterocycles. The second-order valence-electron chi connectivity index (χ2n) is 6.41. The number of rotatable bonds is 4. The number of nitrogens with zero attached hydrogens (tertiary/aromatic N) is 2.